The topological polar surface area (TPSA) is 105 Å². The third-order valence-electron chi connectivity index (χ3n) is 6.77. The minimum Gasteiger partial charge on any atom is -0.491 e. The van der Waals surface area contributed by atoms with Gasteiger partial charge in [-0.25, -0.2) is 4.68 Å². The molecule has 2 fully saturated rings. The van der Waals surface area contributed by atoms with Crippen molar-refractivity contribution in [2.24, 2.45) is 5.92 Å². The molecule has 2 aromatic carbocycles. The number of nitrogens with zero attached hydrogens (tertiary/aromatic N) is 4. The first-order valence-electron chi connectivity index (χ1n) is 12.2. The third-order valence-corrected chi connectivity index (χ3v) is 6.77. The normalized spacial score (nSPS) is 21.6. The summed E-state index contributed by atoms with van der Waals surface area (Å²) in [5.41, 5.74) is 3.58. The number of amides is 1. The minimum atomic E-state index is -0.560. The van der Waals surface area contributed by atoms with Crippen LogP contribution in [-0.4, -0.2) is 45.1 Å². The van der Waals surface area contributed by atoms with E-state index in [2.05, 4.69) is 27.0 Å². The number of rotatable bonds is 8. The van der Waals surface area contributed by atoms with E-state index in [0.29, 0.717) is 18.4 Å². The lowest BCUT2D eigenvalue weighted by Crippen LogP contribution is -2.50. The van der Waals surface area contributed by atoms with Gasteiger partial charge >= 0.3 is 0 Å². The molecule has 1 amide bonds. The molecule has 8 heteroatoms. The van der Waals surface area contributed by atoms with Gasteiger partial charge in [0.2, 0.25) is 5.91 Å². The van der Waals surface area contributed by atoms with Crippen LogP contribution in [0.3, 0.4) is 0 Å². The van der Waals surface area contributed by atoms with Crippen molar-refractivity contribution in [3.8, 4) is 28.8 Å². The zero-order valence-corrected chi connectivity index (χ0v) is 20.0. The largest absolute Gasteiger partial charge is 0.491 e. The molecule has 1 saturated heterocycles. The molecule has 1 aliphatic carbocycles. The second-order valence-corrected chi connectivity index (χ2v) is 9.71. The predicted octanol–water partition coefficient (Wildman–Crippen LogP) is 3.41. The van der Waals surface area contributed by atoms with Gasteiger partial charge in [-0.2, -0.15) is 5.26 Å². The summed E-state index contributed by atoms with van der Waals surface area (Å²) in [6.07, 6.45) is 5.78. The van der Waals surface area contributed by atoms with E-state index >= 15 is 0 Å². The van der Waals surface area contributed by atoms with E-state index in [4.69, 9.17) is 4.74 Å². The number of aromatic nitrogens is 3. The van der Waals surface area contributed by atoms with Crippen molar-refractivity contribution in [3.63, 3.8) is 0 Å². The molecular weight excluding hydrogens is 440 g/mol. The van der Waals surface area contributed by atoms with E-state index in [1.165, 1.54) is 0 Å². The van der Waals surface area contributed by atoms with Gasteiger partial charge in [-0.15, -0.1) is 5.10 Å². The second-order valence-electron chi connectivity index (χ2n) is 9.71. The fourth-order valence-corrected chi connectivity index (χ4v) is 5.06. The van der Waals surface area contributed by atoms with Crippen molar-refractivity contribution in [3.05, 3.63) is 60.3 Å². The summed E-state index contributed by atoms with van der Waals surface area (Å²) in [4.78, 5) is 12.7. The van der Waals surface area contributed by atoms with E-state index in [-0.39, 0.29) is 18.1 Å². The van der Waals surface area contributed by atoms with Crippen molar-refractivity contribution >= 4 is 5.91 Å². The van der Waals surface area contributed by atoms with Gasteiger partial charge < -0.3 is 15.4 Å². The van der Waals surface area contributed by atoms with Crippen LogP contribution in [0.5, 0.6) is 5.75 Å². The SMILES string of the molecule is CC(C)Oc1ccc(-c2cn(-c3ccc(C[C@@H](C#N)NC(=O)[C@H]4N[C@@H]5CC[C@H]4C5)cc3)nn2)cc1. The summed E-state index contributed by atoms with van der Waals surface area (Å²) in [7, 11) is 0. The lowest BCUT2D eigenvalue weighted by molar-refractivity contribution is -0.124. The summed E-state index contributed by atoms with van der Waals surface area (Å²) in [5.74, 6) is 1.17. The Morgan fingerprint density at radius 3 is 2.60 bits per heavy atom. The molecule has 1 saturated carbocycles. The molecule has 2 N–H and O–H groups in total. The van der Waals surface area contributed by atoms with Gasteiger partial charge in [0.25, 0.3) is 0 Å². The van der Waals surface area contributed by atoms with Crippen LogP contribution >= 0.6 is 0 Å². The van der Waals surface area contributed by atoms with Crippen LogP contribution in [0.1, 0.15) is 38.7 Å². The summed E-state index contributed by atoms with van der Waals surface area (Å²) < 4.78 is 7.42. The zero-order chi connectivity index (χ0) is 24.4. The summed E-state index contributed by atoms with van der Waals surface area (Å²) in [5, 5.41) is 24.5. The van der Waals surface area contributed by atoms with Gasteiger partial charge in [0.15, 0.2) is 0 Å². The van der Waals surface area contributed by atoms with Crippen LogP contribution in [0.2, 0.25) is 0 Å². The van der Waals surface area contributed by atoms with Crippen molar-refractivity contribution in [2.75, 3.05) is 0 Å². The Balaban J connectivity index is 1.20. The molecule has 180 valence electrons. The Hall–Kier alpha value is -3.70. The Labute approximate surface area is 205 Å². The molecule has 2 heterocycles. The number of nitriles is 1. The smallest absolute Gasteiger partial charge is 0.238 e. The number of hydrogen-bond acceptors (Lipinski definition) is 6. The molecular formula is C27H30N6O2. The molecule has 0 radical (unpaired) electrons. The lowest BCUT2D eigenvalue weighted by Gasteiger charge is -2.23. The van der Waals surface area contributed by atoms with E-state index in [1.54, 1.807) is 4.68 Å². The zero-order valence-electron chi connectivity index (χ0n) is 20.0. The average Bonchev–Trinajstić information content (AvgIpc) is 3.62. The van der Waals surface area contributed by atoms with E-state index < -0.39 is 6.04 Å². The van der Waals surface area contributed by atoms with Crippen LogP contribution in [-0.2, 0) is 11.2 Å². The third kappa shape index (κ3) is 5.20. The molecule has 0 unspecified atom stereocenters. The fourth-order valence-electron chi connectivity index (χ4n) is 5.06. The molecule has 2 aliphatic rings. The molecule has 1 aromatic heterocycles. The molecule has 5 rings (SSSR count). The van der Waals surface area contributed by atoms with Gasteiger partial charge in [-0.1, -0.05) is 17.3 Å². The lowest BCUT2D eigenvalue weighted by atomic mass is 9.98. The molecule has 0 spiro atoms. The molecule has 4 atom stereocenters. The number of benzene rings is 2. The van der Waals surface area contributed by atoms with Crippen LogP contribution in [0.4, 0.5) is 0 Å². The number of carbonyl (C=O) groups is 1. The number of piperidine rings is 1. The first kappa shape index (κ1) is 23.1. The first-order chi connectivity index (χ1) is 17.0. The second kappa shape index (κ2) is 9.88. The van der Waals surface area contributed by atoms with Crippen molar-refractivity contribution in [1.82, 2.24) is 25.6 Å². The highest BCUT2D eigenvalue weighted by Gasteiger charge is 2.43. The van der Waals surface area contributed by atoms with Crippen molar-refractivity contribution < 1.29 is 9.53 Å². The van der Waals surface area contributed by atoms with Crippen LogP contribution in [0.25, 0.3) is 16.9 Å². The number of fused-ring (bicyclic) bond motifs is 2. The number of ether oxygens (including phenoxy) is 1. The quantitative estimate of drug-likeness (QED) is 0.523. The maximum absolute atomic E-state index is 12.7. The first-order valence-corrected chi connectivity index (χ1v) is 12.2. The van der Waals surface area contributed by atoms with Crippen LogP contribution in [0.15, 0.2) is 54.7 Å². The van der Waals surface area contributed by atoms with E-state index in [1.807, 2.05) is 68.6 Å². The average molecular weight is 471 g/mol. The van der Waals surface area contributed by atoms with Crippen molar-refractivity contribution in [2.45, 2.75) is 63.8 Å². The van der Waals surface area contributed by atoms with E-state index in [0.717, 1.165) is 47.5 Å². The number of hydrogen-bond donors (Lipinski definition) is 2. The van der Waals surface area contributed by atoms with Gasteiger partial charge in [0, 0.05) is 18.0 Å². The van der Waals surface area contributed by atoms with Crippen molar-refractivity contribution in [1.29, 1.82) is 5.26 Å². The highest BCUT2D eigenvalue weighted by molar-refractivity contribution is 5.83. The monoisotopic (exact) mass is 470 g/mol. The Morgan fingerprint density at radius 2 is 1.97 bits per heavy atom. The van der Waals surface area contributed by atoms with Gasteiger partial charge in [0.05, 0.1) is 30.1 Å². The number of carbonyl (C=O) groups excluding carboxylic acids is 1. The minimum absolute atomic E-state index is 0.0562. The maximum Gasteiger partial charge on any atom is 0.238 e. The Bertz CT molecular complexity index is 1210. The predicted molar refractivity (Wildman–Crippen MR) is 132 cm³/mol. The molecule has 3 aromatic rings. The number of nitrogens with one attached hydrogen (secondary N) is 2. The summed E-state index contributed by atoms with van der Waals surface area (Å²) in [6, 6.07) is 17.6. The molecule has 35 heavy (non-hydrogen) atoms. The molecule has 1 aliphatic heterocycles. The van der Waals surface area contributed by atoms with Gasteiger partial charge in [0.1, 0.15) is 17.5 Å². The Kier molecular flexibility index (Phi) is 6.51. The van der Waals surface area contributed by atoms with Gasteiger partial charge in [-0.3, -0.25) is 4.79 Å². The molecule has 2 bridgehead atoms. The maximum atomic E-state index is 12.7. The summed E-state index contributed by atoms with van der Waals surface area (Å²) >= 11 is 0. The fraction of sp³-hybridized carbons (Fsp3) is 0.407. The molecule has 8 nitrogen and oxygen atoms in total. The Morgan fingerprint density at radius 1 is 1.20 bits per heavy atom. The summed E-state index contributed by atoms with van der Waals surface area (Å²) in [6.45, 7) is 4.00. The standard InChI is InChI=1S/C27H30N6O2/c1-17(2)35-24-11-6-19(7-12-24)25-16-33(32-31-25)23-9-3-18(4-10-23)13-22(15-28)30-27(34)26-20-5-8-21(14-20)29-26/h3-4,6-7,9-12,16-17,20-22,26,29H,5,8,13-14H2,1-2H3,(H,30,34)/t20-,21+,22-,26-/m0/s1. The van der Waals surface area contributed by atoms with Crippen LogP contribution in [0, 0.1) is 17.2 Å². The highest BCUT2D eigenvalue weighted by Crippen LogP contribution is 2.35. The van der Waals surface area contributed by atoms with Gasteiger partial charge in [-0.05, 0) is 81.0 Å². The van der Waals surface area contributed by atoms with Crippen LogP contribution < -0.4 is 15.4 Å². The van der Waals surface area contributed by atoms with E-state index in [9.17, 15) is 10.1 Å². The highest BCUT2D eigenvalue weighted by atomic mass is 16.5.